The van der Waals surface area contributed by atoms with Gasteiger partial charge in [0.15, 0.2) is 6.10 Å². The van der Waals surface area contributed by atoms with Crippen LogP contribution in [0.5, 0.6) is 0 Å². The van der Waals surface area contributed by atoms with Gasteiger partial charge in [-0.3, -0.25) is 18.6 Å². The minimum Gasteiger partial charge on any atom is -0.462 e. The summed E-state index contributed by atoms with van der Waals surface area (Å²) >= 11 is 0. The summed E-state index contributed by atoms with van der Waals surface area (Å²) in [6.07, 6.45) is 108. The van der Waals surface area contributed by atoms with Crippen molar-refractivity contribution in [3.63, 3.8) is 0 Å². The van der Waals surface area contributed by atoms with Crippen molar-refractivity contribution in [1.29, 1.82) is 0 Å². The lowest BCUT2D eigenvalue weighted by Crippen LogP contribution is -2.29. The molecule has 94 heavy (non-hydrogen) atoms. The predicted octanol–water partition coefficient (Wildman–Crippen LogP) is 27.0. The number of unbranched alkanes of at least 4 members (excludes halogenated alkanes) is 47. The second-order valence-corrected chi connectivity index (χ2v) is 28.4. The number of carbonyl (C=O) groups excluding carboxylic acids is 2. The van der Waals surface area contributed by atoms with Crippen molar-refractivity contribution in [3.05, 3.63) is 97.2 Å². The van der Waals surface area contributed by atoms with Crippen molar-refractivity contribution < 1.29 is 37.6 Å². The van der Waals surface area contributed by atoms with Crippen LogP contribution in [-0.2, 0) is 32.7 Å². The van der Waals surface area contributed by atoms with Crippen molar-refractivity contribution in [2.45, 2.75) is 399 Å². The maximum Gasteiger partial charge on any atom is 0.472 e. The molecule has 0 aromatic carbocycles. The molecule has 0 heterocycles. The number of carbonyl (C=O) groups is 2. The first-order chi connectivity index (χ1) is 46.3. The van der Waals surface area contributed by atoms with E-state index in [0.29, 0.717) is 6.42 Å². The van der Waals surface area contributed by atoms with Crippen LogP contribution in [0.1, 0.15) is 393 Å². The molecule has 0 bridgehead atoms. The second kappa shape index (κ2) is 78.9. The molecule has 2 unspecified atom stereocenters. The summed E-state index contributed by atoms with van der Waals surface area (Å²) in [5, 5.41) is 0. The van der Waals surface area contributed by atoms with Crippen molar-refractivity contribution in [2.24, 2.45) is 5.73 Å². The van der Waals surface area contributed by atoms with Crippen LogP contribution in [-0.4, -0.2) is 49.3 Å². The van der Waals surface area contributed by atoms with Gasteiger partial charge in [-0.25, -0.2) is 4.57 Å². The molecule has 9 nitrogen and oxygen atoms in total. The molecular weight excluding hydrogens is 1180 g/mol. The summed E-state index contributed by atoms with van der Waals surface area (Å²) in [5.74, 6) is -0.815. The topological polar surface area (TPSA) is 134 Å². The van der Waals surface area contributed by atoms with Crippen LogP contribution < -0.4 is 5.73 Å². The average Bonchev–Trinajstić information content (AvgIpc) is 3.18. The van der Waals surface area contributed by atoms with Gasteiger partial charge in [-0.05, 0) is 77.0 Å². The zero-order valence-electron chi connectivity index (χ0n) is 61.7. The Hall–Kier alpha value is -3.07. The van der Waals surface area contributed by atoms with Crippen LogP contribution in [0.4, 0.5) is 0 Å². The van der Waals surface area contributed by atoms with Gasteiger partial charge in [0.25, 0.3) is 0 Å². The molecule has 0 radical (unpaired) electrons. The van der Waals surface area contributed by atoms with Gasteiger partial charge in [0.2, 0.25) is 0 Å². The van der Waals surface area contributed by atoms with Gasteiger partial charge in [0, 0.05) is 19.4 Å². The van der Waals surface area contributed by atoms with Gasteiger partial charge >= 0.3 is 19.8 Å². The number of rotatable bonds is 76. The third-order valence-corrected chi connectivity index (χ3v) is 18.7. The zero-order valence-corrected chi connectivity index (χ0v) is 62.6. The summed E-state index contributed by atoms with van der Waals surface area (Å²) in [4.78, 5) is 35.5. The fourth-order valence-corrected chi connectivity index (χ4v) is 12.6. The maximum absolute atomic E-state index is 12.8. The number of nitrogens with two attached hydrogens (primary N) is 1. The molecular formula is C84H152NO8P. The molecule has 0 aliphatic rings. The Kier molecular flexibility index (Phi) is 76.3. The highest BCUT2D eigenvalue weighted by Crippen LogP contribution is 2.43. The minimum absolute atomic E-state index is 0.0516. The molecule has 0 fully saturated rings. The van der Waals surface area contributed by atoms with E-state index >= 15 is 0 Å². The van der Waals surface area contributed by atoms with Gasteiger partial charge < -0.3 is 20.1 Å². The fourth-order valence-electron chi connectivity index (χ4n) is 11.8. The molecule has 10 heteroatoms. The van der Waals surface area contributed by atoms with E-state index in [9.17, 15) is 19.0 Å². The Morgan fingerprint density at radius 3 is 0.872 bits per heavy atom. The van der Waals surface area contributed by atoms with Crippen LogP contribution in [0.3, 0.4) is 0 Å². The third kappa shape index (κ3) is 77.9. The summed E-state index contributed by atoms with van der Waals surface area (Å²) < 4.78 is 33.3. The van der Waals surface area contributed by atoms with Gasteiger partial charge in [-0.1, -0.05) is 400 Å². The van der Waals surface area contributed by atoms with Crippen LogP contribution in [0.15, 0.2) is 97.2 Å². The SMILES string of the molecule is CC/C=C\C/C=C\C/C=C\C/C=C\C/C=C\C/C=C\C/C=C\C/C=C\CCCCCCCCCCCCCCC(=O)OC(COC(=O)CCCCCCCCCCCCCCCCCCCCCCCCCCCCCCCCCCCCCC)COP(=O)(O)OCCN. The van der Waals surface area contributed by atoms with Gasteiger partial charge in [-0.2, -0.15) is 0 Å². The molecule has 0 aromatic rings. The average molecular weight is 1340 g/mol. The molecule has 0 aliphatic heterocycles. The van der Waals surface area contributed by atoms with E-state index in [2.05, 4.69) is 111 Å². The number of phosphoric ester groups is 1. The molecule has 546 valence electrons. The van der Waals surface area contributed by atoms with Gasteiger partial charge in [0.05, 0.1) is 13.2 Å². The normalized spacial score (nSPS) is 13.4. The van der Waals surface area contributed by atoms with Crippen LogP contribution in [0.2, 0.25) is 0 Å². The highest BCUT2D eigenvalue weighted by Gasteiger charge is 2.26. The predicted molar refractivity (Wildman–Crippen MR) is 408 cm³/mol. The molecule has 0 amide bonds. The smallest absolute Gasteiger partial charge is 0.462 e. The molecule has 3 N–H and O–H groups in total. The third-order valence-electron chi connectivity index (χ3n) is 17.7. The van der Waals surface area contributed by atoms with E-state index in [0.717, 1.165) is 89.9 Å². The molecule has 0 aromatic heterocycles. The summed E-state index contributed by atoms with van der Waals surface area (Å²) in [6, 6.07) is 0. The Bertz CT molecular complexity index is 1870. The second-order valence-electron chi connectivity index (χ2n) is 26.9. The standard InChI is InChI=1S/C84H152NO8P/c1-3-5-7-9-11-13-15-17-19-21-23-25-27-29-31-33-35-37-39-41-43-45-47-49-51-53-55-57-59-61-63-65-67-69-71-73-75-77-84(87)93-82(81-92-94(88,89)91-79-78-85)80-90-83(86)76-74-72-70-68-66-64-62-60-58-56-54-52-50-48-46-44-42-40-38-36-34-32-30-28-26-24-22-20-18-16-14-12-10-8-6-4-2/h5,7,11,13,17,19,23,25,29,31,35,37,41,43,47,49,82H,3-4,6,8-10,12,14-16,18,20-22,24,26-28,30,32-34,36,38-40,42,44-46,48,50-81,85H2,1-2H3,(H,88,89)/b7-5-,13-11-,19-17-,25-23-,31-29-,37-35-,43-41-,49-47-. The molecule has 0 aliphatic carbocycles. The van der Waals surface area contributed by atoms with E-state index < -0.39 is 26.5 Å². The molecule has 2 atom stereocenters. The van der Waals surface area contributed by atoms with Crippen molar-refractivity contribution >= 4 is 19.8 Å². The molecule has 0 saturated heterocycles. The van der Waals surface area contributed by atoms with Crippen molar-refractivity contribution in [2.75, 3.05) is 26.4 Å². The van der Waals surface area contributed by atoms with Crippen LogP contribution in [0, 0.1) is 0 Å². The van der Waals surface area contributed by atoms with E-state index in [4.69, 9.17) is 24.3 Å². The monoisotopic (exact) mass is 1330 g/mol. The van der Waals surface area contributed by atoms with E-state index in [1.165, 1.54) is 270 Å². The van der Waals surface area contributed by atoms with Gasteiger partial charge in [-0.15, -0.1) is 0 Å². The largest absolute Gasteiger partial charge is 0.472 e. The zero-order chi connectivity index (χ0) is 67.9. The summed E-state index contributed by atoms with van der Waals surface area (Å²) in [7, 11) is -4.40. The first-order valence-electron chi connectivity index (χ1n) is 40.2. The lowest BCUT2D eigenvalue weighted by molar-refractivity contribution is -0.161. The highest BCUT2D eigenvalue weighted by atomic mass is 31.2. The number of phosphoric acid groups is 1. The Morgan fingerprint density at radius 1 is 0.330 bits per heavy atom. The Morgan fingerprint density at radius 2 is 0.585 bits per heavy atom. The summed E-state index contributed by atoms with van der Waals surface area (Å²) in [5.41, 5.74) is 5.42. The van der Waals surface area contributed by atoms with E-state index in [1.807, 2.05) is 0 Å². The molecule has 0 saturated carbocycles. The van der Waals surface area contributed by atoms with E-state index in [1.54, 1.807) is 0 Å². The first kappa shape index (κ1) is 90.9. The Balaban J connectivity index is 3.81. The molecule has 0 rings (SSSR count). The quantitative estimate of drug-likeness (QED) is 0.0264. The number of allylic oxidation sites excluding steroid dienone is 16. The lowest BCUT2D eigenvalue weighted by Gasteiger charge is -2.19. The first-order valence-corrected chi connectivity index (χ1v) is 41.7. The van der Waals surface area contributed by atoms with Gasteiger partial charge in [0.1, 0.15) is 6.61 Å². The highest BCUT2D eigenvalue weighted by molar-refractivity contribution is 7.47. The molecule has 0 spiro atoms. The number of hydrogen-bond donors (Lipinski definition) is 2. The minimum atomic E-state index is -4.40. The maximum atomic E-state index is 12.8. The fraction of sp³-hybridized carbons (Fsp3) is 0.786. The number of ether oxygens (including phenoxy) is 2. The van der Waals surface area contributed by atoms with Crippen LogP contribution >= 0.6 is 7.82 Å². The van der Waals surface area contributed by atoms with E-state index in [-0.39, 0.29) is 38.6 Å². The van der Waals surface area contributed by atoms with Crippen molar-refractivity contribution in [3.8, 4) is 0 Å². The lowest BCUT2D eigenvalue weighted by atomic mass is 10.0. The van der Waals surface area contributed by atoms with Crippen LogP contribution in [0.25, 0.3) is 0 Å². The van der Waals surface area contributed by atoms with Crippen molar-refractivity contribution in [1.82, 2.24) is 0 Å². The number of hydrogen-bond acceptors (Lipinski definition) is 8. The summed E-state index contributed by atoms with van der Waals surface area (Å²) in [6.45, 7) is 3.69. The Labute approximate surface area is 582 Å². The number of esters is 2.